The summed E-state index contributed by atoms with van der Waals surface area (Å²) in [6.45, 7) is 0. The molecule has 0 aliphatic rings. The summed E-state index contributed by atoms with van der Waals surface area (Å²) in [6.07, 6.45) is 3.06. The first-order valence-electron chi connectivity index (χ1n) is 8.46. The van der Waals surface area contributed by atoms with Gasteiger partial charge in [0.05, 0.1) is 9.78 Å². The van der Waals surface area contributed by atoms with Crippen molar-refractivity contribution < 1.29 is 14.7 Å². The molecule has 0 atom stereocenters. The summed E-state index contributed by atoms with van der Waals surface area (Å²) in [6, 6.07) is 17.3. The van der Waals surface area contributed by atoms with Crippen molar-refractivity contribution in [3.63, 3.8) is 0 Å². The minimum atomic E-state index is -0.549. The van der Waals surface area contributed by atoms with Gasteiger partial charge in [-0.1, -0.05) is 24.3 Å². The molecule has 8 heteroatoms. The molecule has 1 aromatic heterocycles. The van der Waals surface area contributed by atoms with Crippen LogP contribution in [-0.4, -0.2) is 23.1 Å². The highest BCUT2D eigenvalue weighted by molar-refractivity contribution is 14.1. The van der Waals surface area contributed by atoms with Crippen LogP contribution in [0.1, 0.15) is 20.8 Å². The number of carbonyl (C=O) groups excluding carboxylic acids is 2. The quantitative estimate of drug-likeness (QED) is 0.200. The molecule has 146 valence electrons. The van der Waals surface area contributed by atoms with E-state index < -0.39 is 5.91 Å². The van der Waals surface area contributed by atoms with E-state index in [-0.39, 0.29) is 17.4 Å². The van der Waals surface area contributed by atoms with E-state index in [1.54, 1.807) is 48.5 Å². The lowest BCUT2D eigenvalue weighted by Crippen LogP contribution is -2.32. The Morgan fingerprint density at radius 2 is 1.86 bits per heavy atom. The van der Waals surface area contributed by atoms with Crippen LogP contribution in [0.4, 0.5) is 0 Å². The zero-order chi connectivity index (χ0) is 20.6. The number of phenols is 1. The van der Waals surface area contributed by atoms with Gasteiger partial charge in [0.15, 0.2) is 0 Å². The minimum Gasteiger partial charge on any atom is -0.507 e. The molecule has 0 saturated carbocycles. The average molecular weight is 517 g/mol. The van der Waals surface area contributed by atoms with Crippen molar-refractivity contribution in [3.8, 4) is 5.75 Å². The molecule has 2 amide bonds. The molecule has 3 N–H and O–H groups in total. The Balaban J connectivity index is 1.74. The van der Waals surface area contributed by atoms with Gasteiger partial charge < -0.3 is 10.4 Å². The zero-order valence-electron chi connectivity index (χ0n) is 15.0. The molecule has 0 aliphatic heterocycles. The van der Waals surface area contributed by atoms with Crippen LogP contribution >= 0.6 is 33.9 Å². The number of nitrogens with zero attached hydrogens (tertiary/aromatic N) is 1. The molecule has 0 aliphatic carbocycles. The second-order valence-corrected chi connectivity index (χ2v) is 7.95. The summed E-state index contributed by atoms with van der Waals surface area (Å²) in [4.78, 5) is 25.9. The number of benzene rings is 2. The Kier molecular flexibility index (Phi) is 7.14. The van der Waals surface area contributed by atoms with Crippen LogP contribution in [0.2, 0.25) is 0 Å². The van der Waals surface area contributed by atoms with Crippen LogP contribution in [0.3, 0.4) is 0 Å². The van der Waals surface area contributed by atoms with Gasteiger partial charge in [0, 0.05) is 10.4 Å². The van der Waals surface area contributed by atoms with Gasteiger partial charge in [0.2, 0.25) is 0 Å². The smallest absolute Gasteiger partial charge is 0.287 e. The molecule has 0 bridgehead atoms. The first kappa shape index (κ1) is 20.7. The number of halogens is 1. The molecule has 3 aromatic rings. The number of hydrazone groups is 1. The van der Waals surface area contributed by atoms with Crippen LogP contribution < -0.4 is 10.7 Å². The number of phenolic OH excluding ortho intramolecular Hbond substituents is 1. The summed E-state index contributed by atoms with van der Waals surface area (Å²) in [5, 5.41) is 18.0. The molecule has 3 rings (SSSR count). The van der Waals surface area contributed by atoms with Gasteiger partial charge in [-0.25, -0.2) is 5.43 Å². The first-order chi connectivity index (χ1) is 14.0. The first-order valence-corrected chi connectivity index (χ1v) is 10.4. The fraction of sp³-hybridized carbons (Fsp3) is 0. The van der Waals surface area contributed by atoms with Gasteiger partial charge in [-0.3, -0.25) is 9.59 Å². The van der Waals surface area contributed by atoms with Crippen LogP contribution in [0.5, 0.6) is 5.75 Å². The second kappa shape index (κ2) is 9.99. The number of amides is 2. The van der Waals surface area contributed by atoms with Crippen molar-refractivity contribution in [1.82, 2.24) is 10.7 Å². The number of aromatic hydroxyl groups is 1. The van der Waals surface area contributed by atoms with Crippen LogP contribution in [-0.2, 0) is 4.79 Å². The Labute approximate surface area is 185 Å². The molecule has 29 heavy (non-hydrogen) atoms. The largest absolute Gasteiger partial charge is 0.507 e. The monoisotopic (exact) mass is 517 g/mol. The normalized spacial score (nSPS) is 11.4. The molecular formula is C21H16IN3O3S. The van der Waals surface area contributed by atoms with Crippen LogP contribution in [0.15, 0.2) is 76.8 Å². The summed E-state index contributed by atoms with van der Waals surface area (Å²) in [5.41, 5.74) is 3.66. The van der Waals surface area contributed by atoms with Crippen molar-refractivity contribution >= 4 is 58.0 Å². The van der Waals surface area contributed by atoms with Crippen molar-refractivity contribution in [2.24, 2.45) is 5.10 Å². The fourth-order valence-corrected chi connectivity index (χ4v) is 3.48. The van der Waals surface area contributed by atoms with E-state index in [9.17, 15) is 14.7 Å². The maximum atomic E-state index is 12.6. The van der Waals surface area contributed by atoms with Gasteiger partial charge in [-0.05, 0) is 76.0 Å². The molecule has 1 heterocycles. The van der Waals surface area contributed by atoms with E-state index in [1.165, 1.54) is 17.6 Å². The third-order valence-electron chi connectivity index (χ3n) is 3.71. The maximum Gasteiger partial charge on any atom is 0.287 e. The highest BCUT2D eigenvalue weighted by Gasteiger charge is 2.14. The summed E-state index contributed by atoms with van der Waals surface area (Å²) >= 11 is 3.45. The molecular weight excluding hydrogens is 501 g/mol. The lowest BCUT2D eigenvalue weighted by Gasteiger charge is -2.08. The molecule has 6 nitrogen and oxygen atoms in total. The van der Waals surface area contributed by atoms with Crippen molar-refractivity contribution in [2.45, 2.75) is 0 Å². The lowest BCUT2D eigenvalue weighted by atomic mass is 10.2. The number of thiophene rings is 1. The Bertz CT molecular complexity index is 1060. The number of rotatable bonds is 6. The molecule has 0 unspecified atom stereocenters. The summed E-state index contributed by atoms with van der Waals surface area (Å²) in [7, 11) is 0. The minimum absolute atomic E-state index is 0.0822. The fourth-order valence-electron chi connectivity index (χ4n) is 2.29. The topological polar surface area (TPSA) is 90.8 Å². The predicted molar refractivity (Wildman–Crippen MR) is 123 cm³/mol. The number of hydrogen-bond acceptors (Lipinski definition) is 5. The molecule has 0 fully saturated rings. The Hall–Kier alpha value is -2.98. The van der Waals surface area contributed by atoms with E-state index in [2.05, 4.69) is 15.8 Å². The second-order valence-electron chi connectivity index (χ2n) is 5.80. The predicted octanol–water partition coefficient (Wildman–Crippen LogP) is 3.98. The SMILES string of the molecule is O=C(N/N=C/c1ccc(O)c(I)c1)/C(=C/c1cccs1)NC(=O)c1ccccc1. The molecule has 0 spiro atoms. The molecule has 0 radical (unpaired) electrons. The van der Waals surface area contributed by atoms with Gasteiger partial charge in [0.25, 0.3) is 11.8 Å². The maximum absolute atomic E-state index is 12.6. The van der Waals surface area contributed by atoms with E-state index in [0.717, 1.165) is 4.88 Å². The van der Waals surface area contributed by atoms with E-state index in [0.29, 0.717) is 14.7 Å². The third kappa shape index (κ3) is 6.00. The number of hydrogen-bond donors (Lipinski definition) is 3. The van der Waals surface area contributed by atoms with Crippen molar-refractivity contribution in [3.05, 3.63) is 91.3 Å². The van der Waals surface area contributed by atoms with E-state index in [4.69, 9.17) is 0 Å². The Morgan fingerprint density at radius 3 is 2.55 bits per heavy atom. The third-order valence-corrected chi connectivity index (χ3v) is 5.39. The van der Waals surface area contributed by atoms with Gasteiger partial charge >= 0.3 is 0 Å². The zero-order valence-corrected chi connectivity index (χ0v) is 18.0. The van der Waals surface area contributed by atoms with E-state index in [1.807, 2.05) is 46.2 Å². The van der Waals surface area contributed by atoms with Crippen molar-refractivity contribution in [2.75, 3.05) is 0 Å². The van der Waals surface area contributed by atoms with Crippen molar-refractivity contribution in [1.29, 1.82) is 0 Å². The standard InChI is InChI=1S/C21H16IN3O3S/c22-17-11-14(8-9-19(17)26)13-23-25-21(28)18(12-16-7-4-10-29-16)24-20(27)15-5-2-1-3-6-15/h1-13,26H,(H,24,27)(H,25,28)/b18-12-,23-13+. The van der Waals surface area contributed by atoms with Gasteiger partial charge in [-0.15, -0.1) is 11.3 Å². The highest BCUT2D eigenvalue weighted by Crippen LogP contribution is 2.19. The lowest BCUT2D eigenvalue weighted by molar-refractivity contribution is -0.117. The Morgan fingerprint density at radius 1 is 1.07 bits per heavy atom. The van der Waals surface area contributed by atoms with Crippen LogP contribution in [0.25, 0.3) is 6.08 Å². The van der Waals surface area contributed by atoms with Gasteiger partial charge in [0.1, 0.15) is 11.4 Å². The number of carbonyl (C=O) groups is 2. The molecule has 2 aromatic carbocycles. The summed E-state index contributed by atoms with van der Waals surface area (Å²) in [5.74, 6) is -0.760. The van der Waals surface area contributed by atoms with E-state index >= 15 is 0 Å². The molecule has 0 saturated heterocycles. The number of nitrogens with one attached hydrogen (secondary N) is 2. The summed E-state index contributed by atoms with van der Waals surface area (Å²) < 4.78 is 0.672. The van der Waals surface area contributed by atoms with Crippen LogP contribution in [0, 0.1) is 3.57 Å². The highest BCUT2D eigenvalue weighted by atomic mass is 127. The average Bonchev–Trinajstić information content (AvgIpc) is 3.24. The van der Waals surface area contributed by atoms with Gasteiger partial charge in [-0.2, -0.15) is 5.10 Å².